The molecule has 166 valence electrons. The van der Waals surface area contributed by atoms with Crippen molar-refractivity contribution in [2.24, 2.45) is 5.41 Å². The predicted octanol–water partition coefficient (Wildman–Crippen LogP) is 6.57. The quantitative estimate of drug-likeness (QED) is 0.488. The number of hydroxylamine groups is 2. The highest BCUT2D eigenvalue weighted by molar-refractivity contribution is 6.82. The maximum atomic E-state index is 12.1. The fourth-order valence-corrected chi connectivity index (χ4v) is 12.2. The molecule has 4 nitrogen and oxygen atoms in total. The van der Waals surface area contributed by atoms with E-state index in [-0.39, 0.29) is 5.97 Å². The molecule has 2 aromatic rings. The smallest absolute Gasteiger partial charge is 0.330 e. The molecule has 1 saturated heterocycles. The number of carbonyl (C=O) groups is 1. The maximum Gasteiger partial charge on any atom is 0.330 e. The molecule has 1 aliphatic rings. The van der Waals surface area contributed by atoms with Crippen LogP contribution in [-0.4, -0.2) is 36.6 Å². The molecule has 0 atom stereocenters. The van der Waals surface area contributed by atoms with Gasteiger partial charge < -0.3 is 9.07 Å². The summed E-state index contributed by atoms with van der Waals surface area (Å²) in [5.74, 6) is 0.263. The standard InChI is InChI=1S/C25H40N2O2Si/c1-17(2)30(18(3)4,19(5)6)27-13-12-21-14-20(10-11-23(21)27)22-15-26(16-22)29-24(28)25(7,8)9/h10-14,17-19,22H,15-16H2,1-9H3. The van der Waals surface area contributed by atoms with Crippen LogP contribution in [0.4, 0.5) is 0 Å². The molecule has 0 radical (unpaired) electrons. The minimum Gasteiger partial charge on any atom is -0.373 e. The zero-order chi connectivity index (χ0) is 22.4. The van der Waals surface area contributed by atoms with Gasteiger partial charge in [0.1, 0.15) is 0 Å². The fraction of sp³-hybridized carbons (Fsp3) is 0.640. The van der Waals surface area contributed by atoms with E-state index < -0.39 is 13.7 Å². The number of carbonyl (C=O) groups excluding carboxylic acids is 1. The lowest BCUT2D eigenvalue weighted by atomic mass is 9.92. The van der Waals surface area contributed by atoms with Gasteiger partial charge in [-0.15, -0.1) is 5.06 Å². The summed E-state index contributed by atoms with van der Waals surface area (Å²) < 4.78 is 2.67. The van der Waals surface area contributed by atoms with Crippen LogP contribution >= 0.6 is 0 Å². The Morgan fingerprint density at radius 3 is 2.07 bits per heavy atom. The van der Waals surface area contributed by atoms with Crippen molar-refractivity contribution < 1.29 is 9.63 Å². The van der Waals surface area contributed by atoms with Crippen LogP contribution in [0.2, 0.25) is 16.6 Å². The molecule has 5 heteroatoms. The van der Waals surface area contributed by atoms with Crippen molar-refractivity contribution in [3.05, 3.63) is 36.0 Å². The van der Waals surface area contributed by atoms with Gasteiger partial charge in [0.05, 0.1) is 5.41 Å². The van der Waals surface area contributed by atoms with Crippen molar-refractivity contribution in [2.45, 2.75) is 84.9 Å². The van der Waals surface area contributed by atoms with Gasteiger partial charge in [-0.1, -0.05) is 47.6 Å². The molecule has 0 N–H and O–H groups in total. The average Bonchev–Trinajstić information content (AvgIpc) is 2.99. The Hall–Kier alpha value is -1.59. The molecule has 0 unspecified atom stereocenters. The largest absolute Gasteiger partial charge is 0.373 e. The summed E-state index contributed by atoms with van der Waals surface area (Å²) in [7, 11) is -1.75. The highest BCUT2D eigenvalue weighted by atomic mass is 28.3. The van der Waals surface area contributed by atoms with Crippen LogP contribution in [0.3, 0.4) is 0 Å². The van der Waals surface area contributed by atoms with Crippen molar-refractivity contribution >= 4 is 25.1 Å². The lowest BCUT2D eigenvalue weighted by Crippen LogP contribution is -2.51. The Morgan fingerprint density at radius 1 is 1.00 bits per heavy atom. The van der Waals surface area contributed by atoms with Crippen molar-refractivity contribution in [1.82, 2.24) is 9.30 Å². The van der Waals surface area contributed by atoms with Crippen LogP contribution in [0.25, 0.3) is 10.9 Å². The van der Waals surface area contributed by atoms with Gasteiger partial charge in [-0.25, -0.2) is 4.79 Å². The molecule has 30 heavy (non-hydrogen) atoms. The third kappa shape index (κ3) is 3.87. The Kier molecular flexibility index (Phi) is 6.27. The number of hydrogen-bond donors (Lipinski definition) is 0. The molecule has 1 aromatic heterocycles. The maximum absolute atomic E-state index is 12.1. The first-order valence-corrected chi connectivity index (χ1v) is 13.7. The number of fused-ring (bicyclic) bond motifs is 1. The monoisotopic (exact) mass is 428 g/mol. The lowest BCUT2D eigenvalue weighted by molar-refractivity contribution is -0.220. The molecule has 0 aliphatic carbocycles. The molecule has 0 bridgehead atoms. The molecule has 1 aromatic carbocycles. The minimum atomic E-state index is -1.75. The first-order chi connectivity index (χ1) is 13.9. The average molecular weight is 429 g/mol. The van der Waals surface area contributed by atoms with E-state index in [1.165, 1.54) is 16.5 Å². The van der Waals surface area contributed by atoms with Gasteiger partial charge in [0.15, 0.2) is 8.24 Å². The zero-order valence-electron chi connectivity index (χ0n) is 20.3. The third-order valence-corrected chi connectivity index (χ3v) is 13.8. The van der Waals surface area contributed by atoms with E-state index in [1.54, 1.807) is 5.06 Å². The summed E-state index contributed by atoms with van der Waals surface area (Å²) in [6.07, 6.45) is 2.35. The fourth-order valence-electron chi connectivity index (χ4n) is 5.56. The molecule has 0 spiro atoms. The van der Waals surface area contributed by atoms with E-state index in [0.717, 1.165) is 13.1 Å². The van der Waals surface area contributed by atoms with Crippen molar-refractivity contribution in [3.63, 3.8) is 0 Å². The minimum absolute atomic E-state index is 0.161. The summed E-state index contributed by atoms with van der Waals surface area (Å²) in [5, 5.41) is 3.12. The van der Waals surface area contributed by atoms with E-state index in [4.69, 9.17) is 4.84 Å². The number of aromatic nitrogens is 1. The number of benzene rings is 1. The second-order valence-electron chi connectivity index (χ2n) is 11.0. The van der Waals surface area contributed by atoms with Crippen LogP contribution in [-0.2, 0) is 9.63 Å². The van der Waals surface area contributed by atoms with Crippen molar-refractivity contribution in [3.8, 4) is 0 Å². The molecular formula is C25H40N2O2Si. The summed E-state index contributed by atoms with van der Waals surface area (Å²) in [4.78, 5) is 17.6. The first kappa shape index (κ1) is 23.1. The van der Waals surface area contributed by atoms with Crippen LogP contribution in [0.5, 0.6) is 0 Å². The summed E-state index contributed by atoms with van der Waals surface area (Å²) >= 11 is 0. The van der Waals surface area contributed by atoms with Gasteiger partial charge in [0.25, 0.3) is 0 Å². The van der Waals surface area contributed by atoms with Crippen molar-refractivity contribution in [1.29, 1.82) is 0 Å². The Labute approximate surface area is 183 Å². The van der Waals surface area contributed by atoms with Gasteiger partial charge in [0.2, 0.25) is 0 Å². The van der Waals surface area contributed by atoms with Crippen LogP contribution < -0.4 is 0 Å². The van der Waals surface area contributed by atoms with E-state index >= 15 is 0 Å². The normalized spacial score (nSPS) is 16.7. The summed E-state index contributed by atoms with van der Waals surface area (Å²) in [6, 6.07) is 9.25. The summed E-state index contributed by atoms with van der Waals surface area (Å²) in [5.41, 5.74) is 4.26. The van der Waals surface area contributed by atoms with Gasteiger partial charge in [-0.2, -0.15) is 0 Å². The second kappa shape index (κ2) is 8.16. The lowest BCUT2D eigenvalue weighted by Gasteiger charge is -2.44. The van der Waals surface area contributed by atoms with Crippen LogP contribution in [0.15, 0.2) is 30.5 Å². The molecular weight excluding hydrogens is 388 g/mol. The van der Waals surface area contributed by atoms with Gasteiger partial charge in [-0.3, -0.25) is 0 Å². The molecule has 0 saturated carbocycles. The van der Waals surface area contributed by atoms with Crippen LogP contribution in [0, 0.1) is 5.41 Å². The molecule has 1 fully saturated rings. The predicted molar refractivity (Wildman–Crippen MR) is 128 cm³/mol. The van der Waals surface area contributed by atoms with E-state index in [2.05, 4.69) is 76.2 Å². The van der Waals surface area contributed by atoms with E-state index in [9.17, 15) is 4.79 Å². The van der Waals surface area contributed by atoms with E-state index in [0.29, 0.717) is 22.5 Å². The Morgan fingerprint density at radius 2 is 1.57 bits per heavy atom. The van der Waals surface area contributed by atoms with Gasteiger partial charge in [0, 0.05) is 24.5 Å². The Bertz CT molecular complexity index is 880. The molecule has 1 aliphatic heterocycles. The molecule has 3 rings (SSSR count). The molecule has 2 heterocycles. The topological polar surface area (TPSA) is 34.5 Å². The number of rotatable bonds is 6. The highest BCUT2D eigenvalue weighted by Crippen LogP contribution is 2.44. The third-order valence-electron chi connectivity index (χ3n) is 7.05. The van der Waals surface area contributed by atoms with Crippen LogP contribution in [0.1, 0.15) is 73.8 Å². The van der Waals surface area contributed by atoms with Gasteiger partial charge >= 0.3 is 5.97 Å². The number of hydrogen-bond acceptors (Lipinski definition) is 3. The SMILES string of the molecule is CC(C)[Si](C(C)C)(C(C)C)n1ccc2cc(C3CN(OC(=O)C(C)(C)C)C3)ccc21. The zero-order valence-corrected chi connectivity index (χ0v) is 21.3. The Balaban J connectivity index is 1.83. The highest BCUT2D eigenvalue weighted by Gasteiger charge is 2.45. The molecule has 0 amide bonds. The summed E-state index contributed by atoms with van der Waals surface area (Å²) in [6.45, 7) is 21.7. The number of nitrogens with zero attached hydrogens (tertiary/aromatic N) is 2. The van der Waals surface area contributed by atoms with Crippen molar-refractivity contribution in [2.75, 3.05) is 13.1 Å². The van der Waals surface area contributed by atoms with E-state index in [1.807, 2.05) is 20.8 Å². The second-order valence-corrected chi connectivity index (χ2v) is 16.7. The first-order valence-electron chi connectivity index (χ1n) is 11.5. The van der Waals surface area contributed by atoms with Gasteiger partial charge in [-0.05, 0) is 72.7 Å².